The van der Waals surface area contributed by atoms with Crippen molar-refractivity contribution in [3.05, 3.63) is 53.0 Å². The number of morpholine rings is 1. The zero-order chi connectivity index (χ0) is 20.7. The van der Waals surface area contributed by atoms with Gasteiger partial charge in [-0.05, 0) is 23.5 Å². The van der Waals surface area contributed by atoms with Gasteiger partial charge >= 0.3 is 0 Å². The predicted molar refractivity (Wildman–Crippen MR) is 120 cm³/mol. The van der Waals surface area contributed by atoms with Crippen LogP contribution >= 0.6 is 11.3 Å². The molecular formula is C24H25N3O2S. The summed E-state index contributed by atoms with van der Waals surface area (Å²) in [6, 6.07) is 12.0. The summed E-state index contributed by atoms with van der Waals surface area (Å²) in [4.78, 5) is 25.7. The number of ketones is 1. The number of hydrogen-bond donors (Lipinski definition) is 0. The minimum Gasteiger partial charge on any atom is -0.378 e. The van der Waals surface area contributed by atoms with Gasteiger partial charge in [-0.3, -0.25) is 4.79 Å². The first kappa shape index (κ1) is 19.4. The van der Waals surface area contributed by atoms with Crippen LogP contribution in [0.5, 0.6) is 0 Å². The van der Waals surface area contributed by atoms with Crippen LogP contribution in [0.15, 0.2) is 42.6 Å². The summed E-state index contributed by atoms with van der Waals surface area (Å²) in [5.74, 6) is 0.965. The van der Waals surface area contributed by atoms with Crippen LogP contribution in [-0.2, 0) is 11.2 Å². The fourth-order valence-corrected chi connectivity index (χ4v) is 5.70. The molecule has 5 rings (SSSR count). The van der Waals surface area contributed by atoms with Crippen molar-refractivity contribution in [2.75, 3.05) is 31.2 Å². The third-order valence-electron chi connectivity index (χ3n) is 5.78. The van der Waals surface area contributed by atoms with Gasteiger partial charge in [0.1, 0.15) is 5.00 Å². The molecule has 5 nitrogen and oxygen atoms in total. The number of ether oxygens (including phenoxy) is 1. The second-order valence-electron chi connectivity index (χ2n) is 8.76. The highest BCUT2D eigenvalue weighted by Gasteiger charge is 2.37. The second-order valence-corrected chi connectivity index (χ2v) is 9.76. The summed E-state index contributed by atoms with van der Waals surface area (Å²) >= 11 is 1.63. The Morgan fingerprint density at radius 2 is 1.83 bits per heavy atom. The molecule has 0 unspecified atom stereocenters. The van der Waals surface area contributed by atoms with Gasteiger partial charge in [0.25, 0.3) is 0 Å². The number of benzene rings is 1. The Morgan fingerprint density at radius 1 is 1.07 bits per heavy atom. The molecule has 0 N–H and O–H groups in total. The number of fused-ring (bicyclic) bond motifs is 1. The second kappa shape index (κ2) is 7.60. The Kier molecular flexibility index (Phi) is 4.91. The molecule has 3 heterocycles. The van der Waals surface area contributed by atoms with E-state index in [-0.39, 0.29) is 11.2 Å². The largest absolute Gasteiger partial charge is 0.378 e. The third-order valence-corrected chi connectivity index (χ3v) is 7.11. The number of Topliss-reactive ketones (excluding diaryl/α,β-unsaturated/α-hetero) is 1. The highest BCUT2D eigenvalue weighted by Crippen LogP contribution is 2.49. The van der Waals surface area contributed by atoms with E-state index in [0.717, 1.165) is 51.8 Å². The van der Waals surface area contributed by atoms with E-state index >= 15 is 0 Å². The Bertz CT molecular complexity index is 1090. The molecule has 0 amide bonds. The van der Waals surface area contributed by atoms with Crippen LogP contribution in [0.1, 0.15) is 35.5 Å². The van der Waals surface area contributed by atoms with Crippen molar-refractivity contribution < 1.29 is 9.53 Å². The van der Waals surface area contributed by atoms with Crippen LogP contribution in [0.4, 0.5) is 5.00 Å². The Hall–Kier alpha value is -2.57. The first-order chi connectivity index (χ1) is 14.5. The minimum atomic E-state index is -0.0442. The van der Waals surface area contributed by atoms with Crippen LogP contribution in [-0.4, -0.2) is 42.1 Å². The number of anilines is 1. The average molecular weight is 420 g/mol. The number of hydrogen-bond acceptors (Lipinski definition) is 6. The van der Waals surface area contributed by atoms with Crippen LogP contribution in [0, 0.1) is 5.41 Å². The van der Waals surface area contributed by atoms with Gasteiger partial charge in [-0.25, -0.2) is 9.97 Å². The van der Waals surface area contributed by atoms with E-state index < -0.39 is 0 Å². The van der Waals surface area contributed by atoms with E-state index in [2.05, 4.69) is 23.7 Å². The van der Waals surface area contributed by atoms with Crippen molar-refractivity contribution >= 4 is 22.1 Å². The lowest BCUT2D eigenvalue weighted by molar-refractivity contribution is 0.0918. The van der Waals surface area contributed by atoms with Crippen LogP contribution in [0.3, 0.4) is 0 Å². The van der Waals surface area contributed by atoms with Gasteiger partial charge in [0.2, 0.25) is 0 Å². The molecule has 30 heavy (non-hydrogen) atoms. The lowest BCUT2D eigenvalue weighted by Gasteiger charge is -2.30. The van der Waals surface area contributed by atoms with Crippen molar-refractivity contribution in [3.63, 3.8) is 0 Å². The van der Waals surface area contributed by atoms with Crippen molar-refractivity contribution in [2.45, 2.75) is 26.7 Å². The van der Waals surface area contributed by atoms with Crippen molar-refractivity contribution in [1.29, 1.82) is 0 Å². The maximum absolute atomic E-state index is 13.0. The van der Waals surface area contributed by atoms with E-state index in [4.69, 9.17) is 9.72 Å². The summed E-state index contributed by atoms with van der Waals surface area (Å²) in [5.41, 5.74) is 4.11. The molecule has 0 atom stereocenters. The summed E-state index contributed by atoms with van der Waals surface area (Å²) in [5, 5.41) is 1.15. The Labute approximate surface area is 180 Å². The van der Waals surface area contributed by atoms with Crippen LogP contribution < -0.4 is 4.90 Å². The molecule has 1 saturated heterocycles. The van der Waals surface area contributed by atoms with Gasteiger partial charge in [-0.15, -0.1) is 11.3 Å². The molecule has 0 radical (unpaired) electrons. The molecule has 0 bridgehead atoms. The Morgan fingerprint density at radius 3 is 2.60 bits per heavy atom. The zero-order valence-corrected chi connectivity index (χ0v) is 18.2. The lowest BCUT2D eigenvalue weighted by Crippen LogP contribution is -2.36. The maximum Gasteiger partial charge on any atom is 0.173 e. The fourth-order valence-electron chi connectivity index (χ4n) is 4.38. The highest BCUT2D eigenvalue weighted by atomic mass is 32.1. The zero-order valence-electron chi connectivity index (χ0n) is 17.4. The van der Waals surface area contributed by atoms with Gasteiger partial charge < -0.3 is 9.64 Å². The standard InChI is InChI=1S/C24H25N3O2S/c1-24(2)14-17-20(18-8-9-25-22(26-18)16-6-4-3-5-7-16)23(27-10-12-29-13-11-27)30-21(17)19(28)15-24/h3-9H,10-15H2,1-2H3. The van der Waals surface area contributed by atoms with Crippen LogP contribution in [0.2, 0.25) is 0 Å². The molecule has 154 valence electrons. The third kappa shape index (κ3) is 3.55. The topological polar surface area (TPSA) is 55.3 Å². The molecule has 1 fully saturated rings. The minimum absolute atomic E-state index is 0.0442. The first-order valence-electron chi connectivity index (χ1n) is 10.4. The van der Waals surface area contributed by atoms with Gasteiger partial charge in [-0.1, -0.05) is 44.2 Å². The maximum atomic E-state index is 13.0. The molecule has 1 aromatic carbocycles. The summed E-state index contributed by atoms with van der Waals surface area (Å²) in [7, 11) is 0. The predicted octanol–water partition coefficient (Wildman–Crippen LogP) is 4.86. The fraction of sp³-hybridized carbons (Fsp3) is 0.375. The molecule has 3 aromatic rings. The monoisotopic (exact) mass is 419 g/mol. The van der Waals surface area contributed by atoms with Gasteiger partial charge in [0.15, 0.2) is 11.6 Å². The van der Waals surface area contributed by atoms with E-state index in [1.54, 1.807) is 11.3 Å². The SMILES string of the molecule is CC1(C)CC(=O)c2sc(N3CCOCC3)c(-c3ccnc(-c4ccccc4)n3)c2C1. The highest BCUT2D eigenvalue weighted by molar-refractivity contribution is 7.19. The van der Waals surface area contributed by atoms with Gasteiger partial charge in [-0.2, -0.15) is 0 Å². The van der Waals surface area contributed by atoms with Gasteiger partial charge in [0.05, 0.1) is 23.8 Å². The normalized spacial score (nSPS) is 18.3. The molecule has 1 aliphatic heterocycles. The number of carbonyl (C=O) groups is 1. The van der Waals surface area contributed by atoms with E-state index in [1.807, 2.05) is 42.6 Å². The van der Waals surface area contributed by atoms with Crippen molar-refractivity contribution in [1.82, 2.24) is 9.97 Å². The number of carbonyl (C=O) groups excluding carboxylic acids is 1. The molecule has 2 aliphatic rings. The summed E-state index contributed by atoms with van der Waals surface area (Å²) in [6.07, 6.45) is 3.31. The van der Waals surface area contributed by atoms with Crippen molar-refractivity contribution in [2.24, 2.45) is 5.41 Å². The average Bonchev–Trinajstić information content (AvgIpc) is 3.14. The Balaban J connectivity index is 1.68. The van der Waals surface area contributed by atoms with Crippen molar-refractivity contribution in [3.8, 4) is 22.6 Å². The number of rotatable bonds is 3. The smallest absolute Gasteiger partial charge is 0.173 e. The molecule has 0 spiro atoms. The van der Waals surface area contributed by atoms with E-state index in [9.17, 15) is 4.79 Å². The lowest BCUT2D eigenvalue weighted by atomic mass is 9.75. The molecule has 6 heteroatoms. The molecule has 2 aromatic heterocycles. The molecule has 1 aliphatic carbocycles. The number of nitrogens with zero attached hydrogens (tertiary/aromatic N) is 3. The van der Waals surface area contributed by atoms with Crippen LogP contribution in [0.25, 0.3) is 22.6 Å². The molecule has 0 saturated carbocycles. The number of aromatic nitrogens is 2. The number of thiophene rings is 1. The van der Waals surface area contributed by atoms with E-state index in [1.165, 1.54) is 0 Å². The first-order valence-corrected chi connectivity index (χ1v) is 11.2. The summed E-state index contributed by atoms with van der Waals surface area (Å²) in [6.45, 7) is 7.44. The molecular weight excluding hydrogens is 394 g/mol. The van der Waals surface area contributed by atoms with Gasteiger partial charge in [0, 0.05) is 36.8 Å². The summed E-state index contributed by atoms with van der Waals surface area (Å²) < 4.78 is 5.57. The van der Waals surface area contributed by atoms with E-state index in [0.29, 0.717) is 25.5 Å². The quantitative estimate of drug-likeness (QED) is 0.607.